The molecule has 0 bridgehead atoms. The van der Waals surface area contributed by atoms with Gasteiger partial charge in [0, 0.05) is 18.5 Å². The standard InChI is InChI=1S/C23H26N6O3S/c1-15-5-7-18(8-6-15)33(31,32)29-11-9-20-22(29)25-14-21(26-20)27-28-23(30)19-13-17(4-3-10-24)12-16(19)2/h5-9,11,14,16-17,19H,3-4,12-13H2,1-2H3,(H,26,27)(H,28,30). The highest BCUT2D eigenvalue weighted by Crippen LogP contribution is 2.38. The molecule has 0 saturated heterocycles. The van der Waals surface area contributed by atoms with Crippen LogP contribution >= 0.6 is 0 Å². The van der Waals surface area contributed by atoms with Crippen molar-refractivity contribution in [2.24, 2.45) is 17.8 Å². The van der Waals surface area contributed by atoms with Crippen LogP contribution in [0, 0.1) is 36.0 Å². The summed E-state index contributed by atoms with van der Waals surface area (Å²) in [6.45, 7) is 3.94. The molecule has 172 valence electrons. The van der Waals surface area contributed by atoms with Crippen LogP contribution in [0.1, 0.15) is 38.2 Å². The minimum absolute atomic E-state index is 0.122. The van der Waals surface area contributed by atoms with Crippen LogP contribution in [-0.4, -0.2) is 28.3 Å². The van der Waals surface area contributed by atoms with Crippen molar-refractivity contribution in [3.8, 4) is 6.07 Å². The van der Waals surface area contributed by atoms with Crippen molar-refractivity contribution in [1.29, 1.82) is 5.26 Å². The second-order valence-electron chi connectivity index (χ2n) is 8.63. The van der Waals surface area contributed by atoms with Gasteiger partial charge in [0.05, 0.1) is 17.2 Å². The number of hydrazine groups is 1. The first-order chi connectivity index (χ1) is 15.8. The summed E-state index contributed by atoms with van der Waals surface area (Å²) in [6.07, 6.45) is 5.85. The third-order valence-corrected chi connectivity index (χ3v) is 7.91. The van der Waals surface area contributed by atoms with Gasteiger partial charge in [0.15, 0.2) is 11.5 Å². The lowest BCUT2D eigenvalue weighted by Gasteiger charge is -2.15. The Balaban J connectivity index is 1.45. The van der Waals surface area contributed by atoms with Crippen LogP contribution in [0.4, 0.5) is 5.82 Å². The highest BCUT2D eigenvalue weighted by Gasteiger charge is 2.35. The molecule has 0 spiro atoms. The number of hydrogen-bond donors (Lipinski definition) is 2. The van der Waals surface area contributed by atoms with E-state index < -0.39 is 10.0 Å². The lowest BCUT2D eigenvalue weighted by atomic mass is 9.97. The van der Waals surface area contributed by atoms with Gasteiger partial charge in [-0.1, -0.05) is 24.6 Å². The first-order valence-electron chi connectivity index (χ1n) is 10.9. The van der Waals surface area contributed by atoms with Crippen LogP contribution in [0.3, 0.4) is 0 Å². The van der Waals surface area contributed by atoms with Crippen LogP contribution in [0.2, 0.25) is 0 Å². The summed E-state index contributed by atoms with van der Waals surface area (Å²) in [4.78, 5) is 21.5. The molecular formula is C23H26N6O3S. The van der Waals surface area contributed by atoms with Crippen LogP contribution < -0.4 is 10.9 Å². The highest BCUT2D eigenvalue weighted by molar-refractivity contribution is 7.90. The van der Waals surface area contributed by atoms with Crippen molar-refractivity contribution in [3.05, 3.63) is 48.3 Å². The van der Waals surface area contributed by atoms with Gasteiger partial charge < -0.3 is 0 Å². The number of fused-ring (bicyclic) bond motifs is 1. The minimum Gasteiger partial charge on any atom is -0.281 e. The number of aryl methyl sites for hydroxylation is 1. The summed E-state index contributed by atoms with van der Waals surface area (Å²) in [5.41, 5.74) is 7.05. The topological polar surface area (TPSA) is 130 Å². The first-order valence-corrected chi connectivity index (χ1v) is 12.3. The van der Waals surface area contributed by atoms with Gasteiger partial charge >= 0.3 is 0 Å². The van der Waals surface area contributed by atoms with Gasteiger partial charge in [-0.25, -0.2) is 22.4 Å². The van der Waals surface area contributed by atoms with Crippen molar-refractivity contribution in [3.63, 3.8) is 0 Å². The van der Waals surface area contributed by atoms with E-state index in [1.54, 1.807) is 30.3 Å². The molecule has 1 amide bonds. The van der Waals surface area contributed by atoms with Crippen molar-refractivity contribution in [2.45, 2.75) is 44.4 Å². The lowest BCUT2D eigenvalue weighted by Crippen LogP contribution is -2.36. The van der Waals surface area contributed by atoms with E-state index in [9.17, 15) is 13.2 Å². The van der Waals surface area contributed by atoms with Crippen molar-refractivity contribution < 1.29 is 13.2 Å². The molecule has 3 atom stereocenters. The number of anilines is 1. The molecule has 4 rings (SSSR count). The SMILES string of the molecule is Cc1ccc(S(=O)(=O)n2ccc3nc(NNC(=O)C4CC(CCC#N)CC4C)cnc32)cc1. The third-order valence-electron chi connectivity index (χ3n) is 6.23. The lowest BCUT2D eigenvalue weighted by molar-refractivity contribution is -0.125. The monoisotopic (exact) mass is 466 g/mol. The molecule has 1 aliphatic rings. The Morgan fingerprint density at radius 1 is 1.24 bits per heavy atom. The molecule has 33 heavy (non-hydrogen) atoms. The number of nitriles is 1. The molecule has 1 fully saturated rings. The van der Waals surface area contributed by atoms with E-state index in [1.807, 2.05) is 6.92 Å². The summed E-state index contributed by atoms with van der Waals surface area (Å²) < 4.78 is 27.1. The normalized spacial score (nSPS) is 20.5. The first kappa shape index (κ1) is 22.7. The zero-order valence-electron chi connectivity index (χ0n) is 18.5. The van der Waals surface area contributed by atoms with E-state index in [2.05, 4.69) is 33.8 Å². The molecule has 9 nitrogen and oxygen atoms in total. The van der Waals surface area contributed by atoms with Crippen LogP contribution in [0.5, 0.6) is 0 Å². The number of rotatable bonds is 7. The number of carbonyl (C=O) groups is 1. The minimum atomic E-state index is -3.80. The summed E-state index contributed by atoms with van der Waals surface area (Å²) in [5, 5.41) is 8.78. The summed E-state index contributed by atoms with van der Waals surface area (Å²) in [6, 6.07) is 10.3. The number of amides is 1. The van der Waals surface area contributed by atoms with Crippen LogP contribution in [0.15, 0.2) is 47.6 Å². The Bertz CT molecular complexity index is 1310. The average molecular weight is 467 g/mol. The van der Waals surface area contributed by atoms with Gasteiger partial charge in [-0.3, -0.25) is 15.6 Å². The molecule has 1 saturated carbocycles. The predicted octanol–water partition coefficient (Wildman–Crippen LogP) is 3.39. The molecule has 2 aromatic heterocycles. The molecule has 1 aliphatic carbocycles. The second-order valence-corrected chi connectivity index (χ2v) is 10.4. The number of carbonyl (C=O) groups excluding carboxylic acids is 1. The molecule has 0 radical (unpaired) electrons. The maximum atomic E-state index is 13.0. The maximum absolute atomic E-state index is 13.0. The Kier molecular flexibility index (Phi) is 6.33. The second kappa shape index (κ2) is 9.19. The summed E-state index contributed by atoms with van der Waals surface area (Å²) in [5.74, 6) is 0.696. The van der Waals surface area contributed by atoms with Gasteiger partial charge in [0.2, 0.25) is 5.91 Å². The fourth-order valence-electron chi connectivity index (χ4n) is 4.43. The van der Waals surface area contributed by atoms with E-state index >= 15 is 0 Å². The van der Waals surface area contributed by atoms with E-state index in [-0.39, 0.29) is 28.3 Å². The molecular weight excluding hydrogens is 440 g/mol. The van der Waals surface area contributed by atoms with Crippen LogP contribution in [0.25, 0.3) is 11.2 Å². The zero-order valence-corrected chi connectivity index (χ0v) is 19.3. The Morgan fingerprint density at radius 3 is 2.73 bits per heavy atom. The number of benzene rings is 1. The van der Waals surface area contributed by atoms with Gasteiger partial charge in [0.1, 0.15) is 5.52 Å². The molecule has 3 unspecified atom stereocenters. The van der Waals surface area contributed by atoms with Gasteiger partial charge in [-0.2, -0.15) is 5.26 Å². The predicted molar refractivity (Wildman–Crippen MR) is 123 cm³/mol. The quantitative estimate of drug-likeness (QED) is 0.511. The zero-order chi connectivity index (χ0) is 23.6. The van der Waals surface area contributed by atoms with Gasteiger partial charge in [-0.05, 0) is 56.2 Å². The largest absolute Gasteiger partial charge is 0.281 e. The Hall–Kier alpha value is -3.45. The molecule has 0 aliphatic heterocycles. The molecule has 1 aromatic carbocycles. The maximum Gasteiger partial charge on any atom is 0.269 e. The number of hydrogen-bond acceptors (Lipinski definition) is 7. The summed E-state index contributed by atoms with van der Waals surface area (Å²) in [7, 11) is -3.80. The van der Waals surface area contributed by atoms with Gasteiger partial charge in [0.25, 0.3) is 10.0 Å². The van der Waals surface area contributed by atoms with E-state index in [0.29, 0.717) is 23.7 Å². The van der Waals surface area contributed by atoms with Gasteiger partial charge in [-0.15, -0.1) is 0 Å². The average Bonchev–Trinajstić information content (AvgIpc) is 3.39. The van der Waals surface area contributed by atoms with Crippen molar-refractivity contribution in [2.75, 3.05) is 5.43 Å². The third kappa shape index (κ3) is 4.68. The van der Waals surface area contributed by atoms with Crippen molar-refractivity contribution in [1.82, 2.24) is 19.4 Å². The summed E-state index contributed by atoms with van der Waals surface area (Å²) >= 11 is 0. The fraction of sp³-hybridized carbons (Fsp3) is 0.391. The van der Waals surface area contributed by atoms with E-state index in [4.69, 9.17) is 5.26 Å². The van der Waals surface area contributed by atoms with E-state index in [0.717, 1.165) is 28.8 Å². The molecule has 10 heteroatoms. The van der Waals surface area contributed by atoms with E-state index in [1.165, 1.54) is 12.4 Å². The smallest absolute Gasteiger partial charge is 0.269 e. The molecule has 2 heterocycles. The number of nitrogens with one attached hydrogen (secondary N) is 2. The molecule has 3 aromatic rings. The van der Waals surface area contributed by atoms with Crippen molar-refractivity contribution >= 4 is 32.9 Å². The molecule has 2 N–H and O–H groups in total. The number of aromatic nitrogens is 3. The van der Waals surface area contributed by atoms with Crippen LogP contribution in [-0.2, 0) is 14.8 Å². The highest BCUT2D eigenvalue weighted by atomic mass is 32.2. The number of nitrogens with zero attached hydrogens (tertiary/aromatic N) is 4. The Labute approximate surface area is 192 Å². The fourth-order valence-corrected chi connectivity index (χ4v) is 5.73. The Morgan fingerprint density at radius 2 is 2.00 bits per heavy atom.